The SMILES string of the molecule is CCC(CC)N(CCO)c1cc(N)ccc1C(=O)O. The Balaban J connectivity index is 3.27. The molecule has 0 atom stereocenters. The van der Waals surface area contributed by atoms with Gasteiger partial charge in [-0.3, -0.25) is 0 Å². The van der Waals surface area contributed by atoms with Crippen LogP contribution in [0.15, 0.2) is 18.2 Å². The number of rotatable bonds is 7. The van der Waals surface area contributed by atoms with Crippen LogP contribution in [-0.4, -0.2) is 35.4 Å². The molecule has 0 bridgehead atoms. The minimum atomic E-state index is -0.983. The lowest BCUT2D eigenvalue weighted by Gasteiger charge is -2.33. The van der Waals surface area contributed by atoms with Crippen LogP contribution in [0.1, 0.15) is 37.0 Å². The Hall–Kier alpha value is -1.75. The number of carboxylic acid groups (broad SMARTS) is 1. The number of aromatic carboxylic acids is 1. The van der Waals surface area contributed by atoms with Crippen LogP contribution in [0.2, 0.25) is 0 Å². The van der Waals surface area contributed by atoms with E-state index >= 15 is 0 Å². The summed E-state index contributed by atoms with van der Waals surface area (Å²) in [5.41, 5.74) is 7.08. The fraction of sp³-hybridized carbons (Fsp3) is 0.500. The Morgan fingerprint density at radius 3 is 2.47 bits per heavy atom. The molecule has 0 amide bonds. The van der Waals surface area contributed by atoms with E-state index in [2.05, 4.69) is 0 Å². The van der Waals surface area contributed by atoms with Crippen molar-refractivity contribution in [1.82, 2.24) is 0 Å². The maximum atomic E-state index is 11.3. The van der Waals surface area contributed by atoms with Crippen LogP contribution in [0.5, 0.6) is 0 Å². The molecule has 1 rings (SSSR count). The zero-order valence-electron chi connectivity index (χ0n) is 11.5. The van der Waals surface area contributed by atoms with Gasteiger partial charge in [-0.15, -0.1) is 0 Å². The van der Waals surface area contributed by atoms with E-state index in [1.165, 1.54) is 6.07 Å². The number of anilines is 2. The number of nitrogens with zero attached hydrogens (tertiary/aromatic N) is 1. The van der Waals surface area contributed by atoms with E-state index < -0.39 is 5.97 Å². The van der Waals surface area contributed by atoms with E-state index in [1.807, 2.05) is 18.7 Å². The Morgan fingerprint density at radius 1 is 1.37 bits per heavy atom. The third-order valence-corrected chi connectivity index (χ3v) is 3.29. The molecule has 0 aromatic heterocycles. The lowest BCUT2D eigenvalue weighted by atomic mass is 10.1. The van der Waals surface area contributed by atoms with Gasteiger partial charge in [-0.25, -0.2) is 4.79 Å². The van der Waals surface area contributed by atoms with Crippen molar-refractivity contribution < 1.29 is 15.0 Å². The van der Waals surface area contributed by atoms with Crippen LogP contribution in [0.25, 0.3) is 0 Å². The highest BCUT2D eigenvalue weighted by molar-refractivity contribution is 5.95. The van der Waals surface area contributed by atoms with Crippen molar-refractivity contribution in [2.45, 2.75) is 32.7 Å². The van der Waals surface area contributed by atoms with Gasteiger partial charge in [-0.05, 0) is 31.0 Å². The number of nitrogens with two attached hydrogens (primary N) is 1. The number of hydrogen-bond acceptors (Lipinski definition) is 4. The Bertz CT molecular complexity index is 431. The molecule has 0 spiro atoms. The van der Waals surface area contributed by atoms with E-state index in [0.717, 1.165) is 12.8 Å². The molecule has 0 saturated heterocycles. The summed E-state index contributed by atoms with van der Waals surface area (Å²) in [6.45, 7) is 4.47. The molecule has 1 aromatic carbocycles. The summed E-state index contributed by atoms with van der Waals surface area (Å²) in [4.78, 5) is 13.2. The molecule has 0 aliphatic carbocycles. The van der Waals surface area contributed by atoms with Gasteiger partial charge >= 0.3 is 5.97 Å². The van der Waals surface area contributed by atoms with Crippen molar-refractivity contribution in [3.05, 3.63) is 23.8 Å². The van der Waals surface area contributed by atoms with Gasteiger partial charge in [-0.2, -0.15) is 0 Å². The van der Waals surface area contributed by atoms with Gasteiger partial charge in [0.05, 0.1) is 17.9 Å². The molecule has 5 nitrogen and oxygen atoms in total. The molecule has 0 unspecified atom stereocenters. The van der Waals surface area contributed by atoms with Gasteiger partial charge in [0, 0.05) is 18.3 Å². The molecule has 19 heavy (non-hydrogen) atoms. The molecule has 0 aliphatic heterocycles. The Labute approximate surface area is 113 Å². The summed E-state index contributed by atoms with van der Waals surface area (Å²) in [7, 11) is 0. The first-order chi connectivity index (χ1) is 9.04. The first-order valence-corrected chi connectivity index (χ1v) is 6.55. The molecule has 0 fully saturated rings. The topological polar surface area (TPSA) is 86.8 Å². The molecule has 0 saturated carbocycles. The second kappa shape index (κ2) is 6.99. The monoisotopic (exact) mass is 266 g/mol. The maximum absolute atomic E-state index is 11.3. The first-order valence-electron chi connectivity index (χ1n) is 6.55. The largest absolute Gasteiger partial charge is 0.478 e. The van der Waals surface area contributed by atoms with Gasteiger partial charge < -0.3 is 20.8 Å². The van der Waals surface area contributed by atoms with Crippen molar-refractivity contribution in [2.75, 3.05) is 23.8 Å². The van der Waals surface area contributed by atoms with Crippen molar-refractivity contribution >= 4 is 17.3 Å². The van der Waals surface area contributed by atoms with Crippen LogP contribution in [0.4, 0.5) is 11.4 Å². The third-order valence-electron chi connectivity index (χ3n) is 3.29. The molecule has 0 heterocycles. The smallest absolute Gasteiger partial charge is 0.337 e. The molecule has 106 valence electrons. The number of carbonyl (C=O) groups is 1. The minimum Gasteiger partial charge on any atom is -0.478 e. The van der Waals surface area contributed by atoms with Gasteiger partial charge in [-0.1, -0.05) is 13.8 Å². The van der Waals surface area contributed by atoms with Crippen molar-refractivity contribution in [3.63, 3.8) is 0 Å². The molecule has 1 aromatic rings. The molecular formula is C14H22N2O3. The number of aliphatic hydroxyl groups is 1. The van der Waals surface area contributed by atoms with Gasteiger partial charge in [0.25, 0.3) is 0 Å². The van der Waals surface area contributed by atoms with Crippen LogP contribution in [0, 0.1) is 0 Å². The minimum absolute atomic E-state index is 0.0235. The average Bonchev–Trinajstić information content (AvgIpc) is 2.38. The van der Waals surface area contributed by atoms with E-state index in [4.69, 9.17) is 5.73 Å². The normalized spacial score (nSPS) is 10.7. The summed E-state index contributed by atoms with van der Waals surface area (Å²) in [5.74, 6) is -0.983. The zero-order valence-corrected chi connectivity index (χ0v) is 11.5. The number of nitrogen functional groups attached to an aromatic ring is 1. The summed E-state index contributed by atoms with van der Waals surface area (Å²) < 4.78 is 0. The van der Waals surface area contributed by atoms with Crippen molar-refractivity contribution in [2.24, 2.45) is 0 Å². The van der Waals surface area contributed by atoms with Gasteiger partial charge in [0.2, 0.25) is 0 Å². The molecule has 0 aliphatic rings. The molecule has 4 N–H and O–H groups in total. The third kappa shape index (κ3) is 3.61. The fourth-order valence-corrected chi connectivity index (χ4v) is 2.30. The number of hydrogen-bond donors (Lipinski definition) is 3. The lowest BCUT2D eigenvalue weighted by Crippen LogP contribution is -2.37. The second-order valence-electron chi connectivity index (χ2n) is 4.47. The summed E-state index contributed by atoms with van der Waals surface area (Å²) in [6.07, 6.45) is 1.76. The van der Waals surface area contributed by atoms with Gasteiger partial charge in [0.1, 0.15) is 0 Å². The summed E-state index contributed by atoms with van der Waals surface area (Å²) >= 11 is 0. The number of benzene rings is 1. The van der Waals surface area contributed by atoms with Crippen molar-refractivity contribution in [3.8, 4) is 0 Å². The van der Waals surface area contributed by atoms with Crippen LogP contribution in [-0.2, 0) is 0 Å². The Kier molecular flexibility index (Phi) is 5.63. The molecular weight excluding hydrogens is 244 g/mol. The van der Waals surface area contributed by atoms with Crippen LogP contribution < -0.4 is 10.6 Å². The van der Waals surface area contributed by atoms with E-state index in [1.54, 1.807) is 12.1 Å². The van der Waals surface area contributed by atoms with E-state index in [9.17, 15) is 15.0 Å². The lowest BCUT2D eigenvalue weighted by molar-refractivity contribution is 0.0697. The molecule has 0 radical (unpaired) electrons. The van der Waals surface area contributed by atoms with E-state index in [-0.39, 0.29) is 18.2 Å². The average molecular weight is 266 g/mol. The fourth-order valence-electron chi connectivity index (χ4n) is 2.30. The zero-order chi connectivity index (χ0) is 14.4. The highest BCUT2D eigenvalue weighted by Crippen LogP contribution is 2.27. The van der Waals surface area contributed by atoms with E-state index in [0.29, 0.717) is 17.9 Å². The van der Waals surface area contributed by atoms with Crippen LogP contribution in [0.3, 0.4) is 0 Å². The highest BCUT2D eigenvalue weighted by Gasteiger charge is 2.21. The maximum Gasteiger partial charge on any atom is 0.337 e. The second-order valence-corrected chi connectivity index (χ2v) is 4.47. The Morgan fingerprint density at radius 2 is 2.00 bits per heavy atom. The quantitative estimate of drug-likeness (QED) is 0.657. The first kappa shape index (κ1) is 15.3. The standard InChI is InChI=1S/C14H22N2O3/c1-3-11(4-2)16(7-8-17)13-9-10(15)5-6-12(13)14(18)19/h5-6,9,11,17H,3-4,7-8,15H2,1-2H3,(H,18,19). The summed E-state index contributed by atoms with van der Waals surface area (Å²) in [5, 5.41) is 18.5. The number of carboxylic acids is 1. The highest BCUT2D eigenvalue weighted by atomic mass is 16.4. The summed E-state index contributed by atoms with van der Waals surface area (Å²) in [6, 6.07) is 4.95. The van der Waals surface area contributed by atoms with Crippen molar-refractivity contribution in [1.29, 1.82) is 0 Å². The predicted octanol–water partition coefficient (Wildman–Crippen LogP) is 1.95. The predicted molar refractivity (Wildman–Crippen MR) is 76.6 cm³/mol. The molecule has 5 heteroatoms. The van der Waals surface area contributed by atoms with Crippen LogP contribution >= 0.6 is 0 Å². The van der Waals surface area contributed by atoms with Gasteiger partial charge in [0.15, 0.2) is 0 Å². The number of aliphatic hydroxyl groups excluding tert-OH is 1.